The Balaban J connectivity index is 1.68. The lowest BCUT2D eigenvalue weighted by molar-refractivity contribution is 0.0959. The van der Waals surface area contributed by atoms with Gasteiger partial charge in [-0.3, -0.25) is 9.59 Å². The van der Waals surface area contributed by atoms with Crippen molar-refractivity contribution in [3.8, 4) is 0 Å². The Morgan fingerprint density at radius 2 is 1.94 bits per heavy atom. The number of amides is 2. The highest BCUT2D eigenvalue weighted by Crippen LogP contribution is 2.26. The number of piperidine rings is 1. The van der Waals surface area contributed by atoms with E-state index in [0.29, 0.717) is 63.1 Å². The minimum atomic E-state index is -0.828. The molecule has 0 unspecified atom stereocenters. The molecule has 0 spiro atoms. The summed E-state index contributed by atoms with van der Waals surface area (Å²) in [5.74, 6) is -0.124. The van der Waals surface area contributed by atoms with Gasteiger partial charge in [-0.25, -0.2) is 9.78 Å². The van der Waals surface area contributed by atoms with Gasteiger partial charge >= 0.3 is 6.09 Å². The van der Waals surface area contributed by atoms with Crippen molar-refractivity contribution >= 4 is 35.1 Å². The van der Waals surface area contributed by atoms with E-state index in [1.165, 1.54) is 6.20 Å². The standard InChI is InChI=1S/C23H32N8O5/c1-14(2)31-12-15(10-18(21(31)33)29-6-8-35-9-7-29)27-20-17(19(24)32)11-26-23(28-20)30-5-3-4-16(13-30)36-22(25)34/h10-12,14,16H,3-9,13H2,1-2H3,(H2,24,32)(H2,25,34)(H,26,27,28)/t16-/m0/s1. The number of anilines is 4. The smallest absolute Gasteiger partial charge is 0.404 e. The molecule has 36 heavy (non-hydrogen) atoms. The van der Waals surface area contributed by atoms with Crippen LogP contribution in [0.3, 0.4) is 0 Å². The van der Waals surface area contributed by atoms with Crippen molar-refractivity contribution in [2.45, 2.75) is 38.8 Å². The predicted octanol–water partition coefficient (Wildman–Crippen LogP) is 0.962. The van der Waals surface area contributed by atoms with Gasteiger partial charge in [0.25, 0.3) is 11.5 Å². The van der Waals surface area contributed by atoms with Crippen molar-refractivity contribution < 1.29 is 19.1 Å². The molecule has 0 aliphatic carbocycles. The fourth-order valence-electron chi connectivity index (χ4n) is 4.39. The molecule has 0 aromatic carbocycles. The third kappa shape index (κ3) is 5.67. The number of carbonyl (C=O) groups excluding carboxylic acids is 2. The van der Waals surface area contributed by atoms with E-state index in [1.54, 1.807) is 16.8 Å². The molecule has 2 fully saturated rings. The molecule has 1 atom stereocenters. The summed E-state index contributed by atoms with van der Waals surface area (Å²) in [7, 11) is 0. The van der Waals surface area contributed by atoms with Crippen LogP contribution in [0.1, 0.15) is 43.1 Å². The van der Waals surface area contributed by atoms with E-state index in [1.807, 2.05) is 23.6 Å². The molecule has 2 aromatic heterocycles. The van der Waals surface area contributed by atoms with Gasteiger partial charge in [-0.15, -0.1) is 0 Å². The zero-order valence-corrected chi connectivity index (χ0v) is 20.5. The van der Waals surface area contributed by atoms with Crippen molar-refractivity contribution in [1.82, 2.24) is 14.5 Å². The van der Waals surface area contributed by atoms with E-state index >= 15 is 0 Å². The van der Waals surface area contributed by atoms with Crippen molar-refractivity contribution in [2.24, 2.45) is 11.5 Å². The number of carbonyl (C=O) groups is 2. The van der Waals surface area contributed by atoms with E-state index < -0.39 is 12.0 Å². The quantitative estimate of drug-likeness (QED) is 0.497. The van der Waals surface area contributed by atoms with Gasteiger partial charge in [0.2, 0.25) is 5.95 Å². The van der Waals surface area contributed by atoms with Crippen LogP contribution in [0.5, 0.6) is 0 Å². The highest BCUT2D eigenvalue weighted by atomic mass is 16.6. The molecule has 2 aliphatic rings. The van der Waals surface area contributed by atoms with E-state index in [-0.39, 0.29) is 29.1 Å². The number of hydrogen-bond acceptors (Lipinski definition) is 10. The molecule has 2 aromatic rings. The van der Waals surface area contributed by atoms with Gasteiger partial charge in [0, 0.05) is 38.1 Å². The number of nitrogens with two attached hydrogens (primary N) is 2. The lowest BCUT2D eigenvalue weighted by atomic mass is 10.1. The maximum Gasteiger partial charge on any atom is 0.404 e. The molecule has 2 saturated heterocycles. The number of nitrogens with zero attached hydrogens (tertiary/aromatic N) is 5. The van der Waals surface area contributed by atoms with E-state index in [4.69, 9.17) is 20.9 Å². The second kappa shape index (κ2) is 10.8. The molecule has 4 heterocycles. The van der Waals surface area contributed by atoms with Crippen molar-refractivity contribution in [2.75, 3.05) is 54.5 Å². The zero-order valence-electron chi connectivity index (χ0n) is 20.5. The minimum Gasteiger partial charge on any atom is -0.445 e. The summed E-state index contributed by atoms with van der Waals surface area (Å²) < 4.78 is 12.2. The van der Waals surface area contributed by atoms with Gasteiger partial charge < -0.3 is 40.6 Å². The molecule has 0 bridgehead atoms. The Labute approximate surface area is 208 Å². The zero-order chi connectivity index (χ0) is 25.8. The second-order valence-corrected chi connectivity index (χ2v) is 9.09. The molecule has 2 amide bonds. The Morgan fingerprint density at radius 3 is 2.61 bits per heavy atom. The summed E-state index contributed by atoms with van der Waals surface area (Å²) in [4.78, 5) is 49.2. The minimum absolute atomic E-state index is 0.0915. The number of aromatic nitrogens is 3. The molecule has 5 N–H and O–H groups in total. The highest BCUT2D eigenvalue weighted by Gasteiger charge is 2.26. The van der Waals surface area contributed by atoms with Crippen LogP contribution in [0.2, 0.25) is 0 Å². The second-order valence-electron chi connectivity index (χ2n) is 9.09. The first-order valence-corrected chi connectivity index (χ1v) is 12.0. The Bertz CT molecular complexity index is 1180. The largest absolute Gasteiger partial charge is 0.445 e. The first kappa shape index (κ1) is 25.2. The number of pyridine rings is 1. The van der Waals surface area contributed by atoms with E-state index in [0.717, 1.165) is 6.42 Å². The van der Waals surface area contributed by atoms with Crippen LogP contribution in [0.25, 0.3) is 0 Å². The molecule has 194 valence electrons. The number of hydrogen-bond donors (Lipinski definition) is 3. The molecule has 4 rings (SSSR count). The predicted molar refractivity (Wildman–Crippen MR) is 134 cm³/mol. The molecular weight excluding hydrogens is 468 g/mol. The molecule has 2 aliphatic heterocycles. The lowest BCUT2D eigenvalue weighted by Gasteiger charge is -2.32. The van der Waals surface area contributed by atoms with Crippen LogP contribution >= 0.6 is 0 Å². The molecule has 0 saturated carbocycles. The monoisotopic (exact) mass is 500 g/mol. The normalized spacial score (nSPS) is 18.2. The number of ether oxygens (including phenoxy) is 2. The SMILES string of the molecule is CC(C)n1cc(Nc2nc(N3CCC[C@H](OC(N)=O)C3)ncc2C(N)=O)cc(N2CCOCC2)c1=O. The molecule has 13 nitrogen and oxygen atoms in total. The highest BCUT2D eigenvalue weighted by molar-refractivity contribution is 5.98. The number of rotatable bonds is 7. The average Bonchev–Trinajstić information content (AvgIpc) is 2.85. The number of primary amides is 2. The van der Waals surface area contributed by atoms with Crippen LogP contribution in [0.4, 0.5) is 27.9 Å². The first-order chi connectivity index (χ1) is 17.2. The summed E-state index contributed by atoms with van der Waals surface area (Å²) in [6, 6.07) is 1.66. The summed E-state index contributed by atoms with van der Waals surface area (Å²) in [6.07, 6.45) is 3.30. The van der Waals surface area contributed by atoms with Gasteiger partial charge in [0.05, 0.1) is 25.4 Å². The molecular formula is C23H32N8O5. The van der Waals surface area contributed by atoms with Crippen LogP contribution in [-0.2, 0) is 9.47 Å². The van der Waals surface area contributed by atoms with Gasteiger partial charge in [0.15, 0.2) is 0 Å². The summed E-state index contributed by atoms with van der Waals surface area (Å²) in [6.45, 7) is 7.14. The Kier molecular flexibility index (Phi) is 7.58. The van der Waals surface area contributed by atoms with E-state index in [9.17, 15) is 14.4 Å². The lowest BCUT2D eigenvalue weighted by Crippen LogP contribution is -2.42. The number of nitrogens with one attached hydrogen (secondary N) is 1. The third-order valence-corrected chi connectivity index (χ3v) is 6.18. The molecule has 0 radical (unpaired) electrons. The van der Waals surface area contributed by atoms with Gasteiger partial charge in [-0.1, -0.05) is 0 Å². The van der Waals surface area contributed by atoms with Crippen molar-refractivity contribution in [1.29, 1.82) is 0 Å². The summed E-state index contributed by atoms with van der Waals surface area (Å²) in [5, 5.41) is 3.18. The van der Waals surface area contributed by atoms with Gasteiger partial charge in [-0.05, 0) is 32.8 Å². The van der Waals surface area contributed by atoms with Crippen molar-refractivity contribution in [3.05, 3.63) is 34.4 Å². The van der Waals surface area contributed by atoms with Gasteiger partial charge in [-0.2, -0.15) is 4.98 Å². The fraction of sp³-hybridized carbons (Fsp3) is 0.522. The van der Waals surface area contributed by atoms with Crippen molar-refractivity contribution in [3.63, 3.8) is 0 Å². The topological polar surface area (TPSA) is 171 Å². The maximum absolute atomic E-state index is 13.2. The fourth-order valence-corrected chi connectivity index (χ4v) is 4.39. The average molecular weight is 501 g/mol. The van der Waals surface area contributed by atoms with Crippen LogP contribution < -0.4 is 32.1 Å². The third-order valence-electron chi connectivity index (χ3n) is 6.18. The number of morpholine rings is 1. The summed E-state index contributed by atoms with van der Waals surface area (Å²) >= 11 is 0. The van der Waals surface area contributed by atoms with Crippen LogP contribution in [-0.4, -0.2) is 72.0 Å². The van der Waals surface area contributed by atoms with Crippen LogP contribution in [0, 0.1) is 0 Å². The Morgan fingerprint density at radius 1 is 1.19 bits per heavy atom. The Hall–Kier alpha value is -3.87. The first-order valence-electron chi connectivity index (χ1n) is 12.0. The maximum atomic E-state index is 13.2. The van der Waals surface area contributed by atoms with E-state index in [2.05, 4.69) is 15.3 Å². The van der Waals surface area contributed by atoms with Gasteiger partial charge in [0.1, 0.15) is 23.2 Å². The molecule has 13 heteroatoms. The summed E-state index contributed by atoms with van der Waals surface area (Å²) in [5.41, 5.74) is 11.9. The van der Waals surface area contributed by atoms with Crippen LogP contribution in [0.15, 0.2) is 23.3 Å².